The number of anilines is 1. The standard InChI is InChI=1S/C22H24ClNO3S/c1-14(2)27-22(26)20-17-9-4-3-5-10-18(17)28-21(20)24-19(25)12-11-15-7-6-8-16(23)13-15/h6-8,11-14H,3-5,9-10H2,1-2H3,(H,24,25). The Labute approximate surface area is 174 Å². The minimum Gasteiger partial charge on any atom is -0.459 e. The van der Waals surface area contributed by atoms with Gasteiger partial charge in [-0.2, -0.15) is 0 Å². The molecule has 0 unspecified atom stereocenters. The Morgan fingerprint density at radius 2 is 2.00 bits per heavy atom. The number of benzene rings is 1. The Morgan fingerprint density at radius 1 is 1.21 bits per heavy atom. The summed E-state index contributed by atoms with van der Waals surface area (Å²) in [5.74, 6) is -0.640. The van der Waals surface area contributed by atoms with Crippen molar-refractivity contribution in [2.75, 3.05) is 5.32 Å². The van der Waals surface area contributed by atoms with E-state index in [9.17, 15) is 9.59 Å². The maximum absolute atomic E-state index is 12.7. The molecule has 2 aromatic rings. The minimum atomic E-state index is -0.358. The predicted octanol–water partition coefficient (Wildman–Crippen LogP) is 5.89. The third kappa shape index (κ3) is 5.24. The van der Waals surface area contributed by atoms with Gasteiger partial charge in [-0.15, -0.1) is 11.3 Å². The number of thiophene rings is 1. The highest BCUT2D eigenvalue weighted by Crippen LogP contribution is 2.38. The summed E-state index contributed by atoms with van der Waals surface area (Å²) in [6.45, 7) is 3.66. The lowest BCUT2D eigenvalue weighted by Gasteiger charge is -2.11. The van der Waals surface area contributed by atoms with Crippen molar-refractivity contribution in [3.05, 3.63) is 56.9 Å². The number of fused-ring (bicyclic) bond motifs is 1. The molecule has 0 radical (unpaired) electrons. The van der Waals surface area contributed by atoms with Crippen molar-refractivity contribution in [2.24, 2.45) is 0 Å². The summed E-state index contributed by atoms with van der Waals surface area (Å²) in [4.78, 5) is 26.4. The van der Waals surface area contributed by atoms with Crippen molar-refractivity contribution in [3.63, 3.8) is 0 Å². The van der Waals surface area contributed by atoms with Crippen LogP contribution in [-0.2, 0) is 22.4 Å². The van der Waals surface area contributed by atoms with Gasteiger partial charge in [0.2, 0.25) is 5.91 Å². The molecule has 1 aliphatic carbocycles. The second-order valence-electron chi connectivity index (χ2n) is 7.10. The lowest BCUT2D eigenvalue weighted by molar-refractivity contribution is -0.111. The van der Waals surface area contributed by atoms with E-state index in [1.165, 1.54) is 22.3 Å². The number of hydrogen-bond acceptors (Lipinski definition) is 4. The highest BCUT2D eigenvalue weighted by molar-refractivity contribution is 7.17. The molecular formula is C22H24ClNO3S. The van der Waals surface area contributed by atoms with Crippen LogP contribution in [0.5, 0.6) is 0 Å². The fourth-order valence-corrected chi connectivity index (χ4v) is 4.73. The van der Waals surface area contributed by atoms with Crippen molar-refractivity contribution >= 4 is 45.9 Å². The third-order valence-corrected chi connectivity index (χ3v) is 5.92. The normalized spacial score (nSPS) is 14.0. The van der Waals surface area contributed by atoms with E-state index < -0.39 is 0 Å². The van der Waals surface area contributed by atoms with E-state index in [0.717, 1.165) is 43.2 Å². The van der Waals surface area contributed by atoms with Gasteiger partial charge in [-0.25, -0.2) is 4.79 Å². The van der Waals surface area contributed by atoms with Crippen LogP contribution in [-0.4, -0.2) is 18.0 Å². The maximum Gasteiger partial charge on any atom is 0.341 e. The van der Waals surface area contributed by atoms with Crippen LogP contribution in [0.25, 0.3) is 6.08 Å². The van der Waals surface area contributed by atoms with Crippen LogP contribution in [0.2, 0.25) is 5.02 Å². The molecule has 0 spiro atoms. The van der Waals surface area contributed by atoms with Crippen molar-refractivity contribution < 1.29 is 14.3 Å². The van der Waals surface area contributed by atoms with Gasteiger partial charge in [0.15, 0.2) is 0 Å². The fourth-order valence-electron chi connectivity index (χ4n) is 3.26. The molecule has 6 heteroatoms. The zero-order valence-corrected chi connectivity index (χ0v) is 17.7. The summed E-state index contributed by atoms with van der Waals surface area (Å²) in [6.07, 6.45) is 8.05. The van der Waals surface area contributed by atoms with Crippen LogP contribution < -0.4 is 5.32 Å². The Hall–Kier alpha value is -2.11. The summed E-state index contributed by atoms with van der Waals surface area (Å²) in [6, 6.07) is 7.26. The van der Waals surface area contributed by atoms with Crippen LogP contribution in [0.15, 0.2) is 30.3 Å². The van der Waals surface area contributed by atoms with E-state index in [1.807, 2.05) is 26.0 Å². The molecule has 148 valence electrons. The van der Waals surface area contributed by atoms with E-state index in [2.05, 4.69) is 5.32 Å². The van der Waals surface area contributed by atoms with Crippen LogP contribution in [0.1, 0.15) is 59.5 Å². The van der Waals surface area contributed by atoms with E-state index in [-0.39, 0.29) is 18.0 Å². The number of rotatable bonds is 5. The third-order valence-electron chi connectivity index (χ3n) is 4.48. The molecule has 0 aliphatic heterocycles. The number of carbonyl (C=O) groups is 2. The zero-order valence-electron chi connectivity index (χ0n) is 16.1. The molecule has 0 saturated carbocycles. The van der Waals surface area contributed by atoms with Crippen molar-refractivity contribution in [1.82, 2.24) is 0 Å². The maximum atomic E-state index is 12.7. The molecule has 0 saturated heterocycles. The number of hydrogen-bond donors (Lipinski definition) is 1. The molecule has 1 heterocycles. The molecule has 1 amide bonds. The Morgan fingerprint density at radius 3 is 2.75 bits per heavy atom. The van der Waals surface area contributed by atoms with Gasteiger partial charge in [-0.05, 0) is 68.9 Å². The smallest absolute Gasteiger partial charge is 0.341 e. The first kappa shape index (κ1) is 20.6. The Balaban J connectivity index is 1.84. The van der Waals surface area contributed by atoms with Gasteiger partial charge in [0, 0.05) is 16.0 Å². The largest absolute Gasteiger partial charge is 0.459 e. The summed E-state index contributed by atoms with van der Waals surface area (Å²) >= 11 is 7.47. The number of aryl methyl sites for hydroxylation is 1. The van der Waals surface area contributed by atoms with Crippen molar-refractivity contribution in [2.45, 2.75) is 52.1 Å². The number of ether oxygens (including phenoxy) is 1. The number of esters is 1. The average Bonchev–Trinajstić information content (AvgIpc) is 2.80. The minimum absolute atomic E-state index is 0.208. The molecule has 1 aromatic heterocycles. The summed E-state index contributed by atoms with van der Waals surface area (Å²) in [5.41, 5.74) is 2.41. The highest BCUT2D eigenvalue weighted by Gasteiger charge is 2.26. The van der Waals surface area contributed by atoms with Gasteiger partial charge >= 0.3 is 5.97 Å². The van der Waals surface area contributed by atoms with E-state index in [0.29, 0.717) is 15.6 Å². The van der Waals surface area contributed by atoms with Gasteiger partial charge in [-0.1, -0.05) is 30.2 Å². The van der Waals surface area contributed by atoms with Gasteiger partial charge < -0.3 is 10.1 Å². The van der Waals surface area contributed by atoms with Crippen LogP contribution in [0, 0.1) is 0 Å². The number of amides is 1. The molecule has 0 fully saturated rings. The average molecular weight is 418 g/mol. The monoisotopic (exact) mass is 417 g/mol. The first-order valence-electron chi connectivity index (χ1n) is 9.54. The summed E-state index contributed by atoms with van der Waals surface area (Å²) < 4.78 is 5.45. The van der Waals surface area contributed by atoms with Crippen LogP contribution in [0.3, 0.4) is 0 Å². The predicted molar refractivity (Wildman–Crippen MR) is 115 cm³/mol. The number of nitrogens with one attached hydrogen (secondary N) is 1. The second-order valence-corrected chi connectivity index (χ2v) is 8.64. The van der Waals surface area contributed by atoms with Crippen LogP contribution >= 0.6 is 22.9 Å². The number of halogens is 1. The molecule has 1 aliphatic rings. The Kier molecular flexibility index (Phi) is 6.92. The van der Waals surface area contributed by atoms with Gasteiger partial charge in [-0.3, -0.25) is 4.79 Å². The van der Waals surface area contributed by atoms with Gasteiger partial charge in [0.25, 0.3) is 0 Å². The van der Waals surface area contributed by atoms with E-state index in [1.54, 1.807) is 18.2 Å². The molecular weight excluding hydrogens is 394 g/mol. The first-order chi connectivity index (χ1) is 13.4. The number of carbonyl (C=O) groups excluding carboxylic acids is 2. The lowest BCUT2D eigenvalue weighted by atomic mass is 10.1. The molecule has 3 rings (SSSR count). The van der Waals surface area contributed by atoms with Gasteiger partial charge in [0.1, 0.15) is 5.00 Å². The highest BCUT2D eigenvalue weighted by atomic mass is 35.5. The summed E-state index contributed by atoms with van der Waals surface area (Å²) in [5, 5.41) is 4.08. The lowest BCUT2D eigenvalue weighted by Crippen LogP contribution is -2.16. The topological polar surface area (TPSA) is 55.4 Å². The molecule has 0 bridgehead atoms. The zero-order chi connectivity index (χ0) is 20.1. The van der Waals surface area contributed by atoms with Gasteiger partial charge in [0.05, 0.1) is 11.7 Å². The van der Waals surface area contributed by atoms with Crippen molar-refractivity contribution in [1.29, 1.82) is 0 Å². The molecule has 1 aromatic carbocycles. The fraction of sp³-hybridized carbons (Fsp3) is 0.364. The second kappa shape index (κ2) is 9.39. The van der Waals surface area contributed by atoms with Crippen molar-refractivity contribution in [3.8, 4) is 0 Å². The van der Waals surface area contributed by atoms with E-state index >= 15 is 0 Å². The summed E-state index contributed by atoms with van der Waals surface area (Å²) in [7, 11) is 0. The molecule has 1 N–H and O–H groups in total. The SMILES string of the molecule is CC(C)OC(=O)c1c(NC(=O)C=Cc2cccc(Cl)c2)sc2c1CCCCC2. The first-order valence-corrected chi connectivity index (χ1v) is 10.7. The molecule has 28 heavy (non-hydrogen) atoms. The van der Waals surface area contributed by atoms with Crippen LogP contribution in [0.4, 0.5) is 5.00 Å². The van der Waals surface area contributed by atoms with E-state index in [4.69, 9.17) is 16.3 Å². The molecule has 4 nitrogen and oxygen atoms in total. The molecule has 0 atom stereocenters. The quantitative estimate of drug-likeness (QED) is 0.375. The Bertz CT molecular complexity index is 901.